The molecule has 0 radical (unpaired) electrons. The predicted octanol–water partition coefficient (Wildman–Crippen LogP) is -2.40. The SMILES string of the molecule is CC(=O)NC(C(=O)O)C(O)CCN=C(N)N. The van der Waals surface area contributed by atoms with Crippen LogP contribution >= 0.6 is 0 Å². The van der Waals surface area contributed by atoms with Crippen molar-refractivity contribution >= 4 is 17.8 Å². The molecule has 0 rings (SSSR count). The Labute approximate surface area is 92.3 Å². The maximum absolute atomic E-state index is 10.7. The summed E-state index contributed by atoms with van der Waals surface area (Å²) in [5.41, 5.74) is 10.1. The Bertz CT molecular complexity index is 288. The molecule has 0 aromatic rings. The molecule has 92 valence electrons. The Balaban J connectivity index is 4.27. The molecule has 0 aliphatic rings. The van der Waals surface area contributed by atoms with Crippen LogP contribution < -0.4 is 16.8 Å². The standard InChI is InChI=1S/C8H16N4O4/c1-4(13)12-6(7(15)16)5(14)2-3-11-8(9)10/h5-6,14H,2-3H2,1H3,(H,12,13)(H,15,16)(H4,9,10,11). The molecule has 1 amide bonds. The van der Waals surface area contributed by atoms with Crippen molar-refractivity contribution in [2.75, 3.05) is 6.54 Å². The first-order chi connectivity index (χ1) is 7.34. The quantitative estimate of drug-likeness (QED) is 0.254. The molecule has 16 heavy (non-hydrogen) atoms. The molecule has 2 atom stereocenters. The number of carbonyl (C=O) groups excluding carboxylic acids is 1. The van der Waals surface area contributed by atoms with Gasteiger partial charge in [0.25, 0.3) is 0 Å². The summed E-state index contributed by atoms with van der Waals surface area (Å²) in [6.45, 7) is 1.26. The molecule has 0 aliphatic carbocycles. The molecular formula is C8H16N4O4. The van der Waals surface area contributed by atoms with Crippen molar-refractivity contribution in [1.29, 1.82) is 0 Å². The number of hydrogen-bond donors (Lipinski definition) is 5. The Morgan fingerprint density at radius 1 is 1.44 bits per heavy atom. The summed E-state index contributed by atoms with van der Waals surface area (Å²) in [5.74, 6) is -1.99. The van der Waals surface area contributed by atoms with Crippen LogP contribution in [-0.4, -0.2) is 46.7 Å². The van der Waals surface area contributed by atoms with E-state index in [0.717, 1.165) is 0 Å². The van der Waals surface area contributed by atoms with E-state index in [1.165, 1.54) is 6.92 Å². The minimum absolute atomic E-state index is 0.0369. The summed E-state index contributed by atoms with van der Waals surface area (Å²) in [7, 11) is 0. The largest absolute Gasteiger partial charge is 0.480 e. The molecule has 8 nitrogen and oxygen atoms in total. The number of aliphatic carboxylic acids is 1. The monoisotopic (exact) mass is 232 g/mol. The van der Waals surface area contributed by atoms with Crippen LogP contribution in [0.3, 0.4) is 0 Å². The topological polar surface area (TPSA) is 151 Å². The van der Waals surface area contributed by atoms with Gasteiger partial charge in [0.2, 0.25) is 5.91 Å². The van der Waals surface area contributed by atoms with E-state index in [1.54, 1.807) is 0 Å². The number of aliphatic hydroxyl groups is 1. The van der Waals surface area contributed by atoms with Crippen LogP contribution in [0.1, 0.15) is 13.3 Å². The Morgan fingerprint density at radius 3 is 2.38 bits per heavy atom. The number of hydrogen-bond acceptors (Lipinski definition) is 4. The molecule has 0 aromatic heterocycles. The van der Waals surface area contributed by atoms with Crippen molar-refractivity contribution in [1.82, 2.24) is 5.32 Å². The first kappa shape index (κ1) is 14.2. The molecule has 0 aliphatic heterocycles. The molecule has 0 saturated heterocycles. The molecule has 0 aromatic carbocycles. The van der Waals surface area contributed by atoms with E-state index in [9.17, 15) is 14.7 Å². The molecular weight excluding hydrogens is 216 g/mol. The number of nitrogens with two attached hydrogens (primary N) is 2. The van der Waals surface area contributed by atoms with Crippen LogP contribution in [0.2, 0.25) is 0 Å². The van der Waals surface area contributed by atoms with Crippen LogP contribution in [0.5, 0.6) is 0 Å². The normalized spacial score (nSPS) is 13.6. The molecule has 2 unspecified atom stereocenters. The fourth-order valence-electron chi connectivity index (χ4n) is 1.03. The molecule has 7 N–H and O–H groups in total. The number of guanidine groups is 1. The van der Waals surface area contributed by atoms with Gasteiger partial charge in [-0.25, -0.2) is 4.79 Å². The number of aliphatic hydroxyl groups excluding tert-OH is 1. The first-order valence-electron chi connectivity index (χ1n) is 4.58. The highest BCUT2D eigenvalue weighted by atomic mass is 16.4. The maximum Gasteiger partial charge on any atom is 0.328 e. The van der Waals surface area contributed by atoms with Crippen LogP contribution in [0.15, 0.2) is 4.99 Å². The van der Waals surface area contributed by atoms with Gasteiger partial charge in [-0.2, -0.15) is 0 Å². The van der Waals surface area contributed by atoms with Gasteiger partial charge >= 0.3 is 5.97 Å². The smallest absolute Gasteiger partial charge is 0.328 e. The number of nitrogens with zero attached hydrogens (tertiary/aromatic N) is 1. The Kier molecular flexibility index (Phi) is 5.86. The molecule has 0 spiro atoms. The lowest BCUT2D eigenvalue weighted by Crippen LogP contribution is -2.48. The van der Waals surface area contributed by atoms with E-state index < -0.39 is 24.0 Å². The van der Waals surface area contributed by atoms with Gasteiger partial charge in [0.1, 0.15) is 0 Å². The second kappa shape index (κ2) is 6.62. The van der Waals surface area contributed by atoms with Crippen LogP contribution in [0.25, 0.3) is 0 Å². The molecule has 8 heteroatoms. The van der Waals surface area contributed by atoms with E-state index in [1.807, 2.05) is 0 Å². The minimum atomic E-state index is -1.35. The summed E-state index contributed by atoms with van der Waals surface area (Å²) >= 11 is 0. The van der Waals surface area contributed by atoms with Gasteiger partial charge < -0.3 is 27.0 Å². The minimum Gasteiger partial charge on any atom is -0.480 e. The van der Waals surface area contributed by atoms with Crippen molar-refractivity contribution in [3.8, 4) is 0 Å². The highest BCUT2D eigenvalue weighted by Gasteiger charge is 2.26. The van der Waals surface area contributed by atoms with E-state index in [4.69, 9.17) is 16.6 Å². The molecule has 0 fully saturated rings. The van der Waals surface area contributed by atoms with Crippen molar-refractivity contribution in [3.63, 3.8) is 0 Å². The zero-order chi connectivity index (χ0) is 12.7. The number of carboxylic acid groups (broad SMARTS) is 1. The zero-order valence-electron chi connectivity index (χ0n) is 8.88. The third kappa shape index (κ3) is 5.81. The summed E-state index contributed by atoms with van der Waals surface area (Å²) < 4.78 is 0. The fraction of sp³-hybridized carbons (Fsp3) is 0.625. The first-order valence-corrected chi connectivity index (χ1v) is 4.58. The summed E-state index contributed by atoms with van der Waals surface area (Å²) in [6.07, 6.45) is -1.21. The van der Waals surface area contributed by atoms with Gasteiger partial charge in [-0.3, -0.25) is 9.79 Å². The van der Waals surface area contributed by atoms with E-state index >= 15 is 0 Å². The second-order valence-corrected chi connectivity index (χ2v) is 3.18. The summed E-state index contributed by atoms with van der Waals surface area (Å²) in [4.78, 5) is 25.0. The van der Waals surface area contributed by atoms with E-state index in [0.29, 0.717) is 0 Å². The van der Waals surface area contributed by atoms with Gasteiger partial charge in [0, 0.05) is 13.5 Å². The fourth-order valence-corrected chi connectivity index (χ4v) is 1.03. The zero-order valence-corrected chi connectivity index (χ0v) is 8.88. The number of carboxylic acids is 1. The number of nitrogens with one attached hydrogen (secondary N) is 1. The number of rotatable bonds is 6. The highest BCUT2D eigenvalue weighted by Crippen LogP contribution is 2.00. The molecule has 0 saturated carbocycles. The number of aliphatic imine (C=N–C) groups is 1. The van der Waals surface area contributed by atoms with Gasteiger partial charge in [0.05, 0.1) is 6.10 Å². The highest BCUT2D eigenvalue weighted by molar-refractivity contribution is 5.82. The van der Waals surface area contributed by atoms with Crippen LogP contribution in [0, 0.1) is 0 Å². The van der Waals surface area contributed by atoms with Crippen molar-refractivity contribution in [2.45, 2.75) is 25.5 Å². The van der Waals surface area contributed by atoms with Crippen molar-refractivity contribution in [3.05, 3.63) is 0 Å². The summed E-state index contributed by atoms with van der Waals surface area (Å²) in [5, 5.41) is 20.4. The average Bonchev–Trinajstić information content (AvgIpc) is 2.12. The van der Waals surface area contributed by atoms with Crippen molar-refractivity contribution < 1.29 is 19.8 Å². The van der Waals surface area contributed by atoms with Crippen LogP contribution in [0.4, 0.5) is 0 Å². The van der Waals surface area contributed by atoms with Gasteiger partial charge in [-0.15, -0.1) is 0 Å². The molecule has 0 heterocycles. The van der Waals surface area contributed by atoms with Gasteiger partial charge in [-0.05, 0) is 6.42 Å². The van der Waals surface area contributed by atoms with Crippen LogP contribution in [-0.2, 0) is 9.59 Å². The number of amides is 1. The van der Waals surface area contributed by atoms with Crippen molar-refractivity contribution in [2.24, 2.45) is 16.5 Å². The Morgan fingerprint density at radius 2 is 2.00 bits per heavy atom. The van der Waals surface area contributed by atoms with Gasteiger partial charge in [0.15, 0.2) is 12.0 Å². The lowest BCUT2D eigenvalue weighted by Gasteiger charge is -2.18. The van der Waals surface area contributed by atoms with Gasteiger partial charge in [-0.1, -0.05) is 0 Å². The lowest BCUT2D eigenvalue weighted by atomic mass is 10.1. The summed E-state index contributed by atoms with van der Waals surface area (Å²) in [6, 6.07) is -1.35. The lowest BCUT2D eigenvalue weighted by molar-refractivity contribution is -0.144. The van der Waals surface area contributed by atoms with E-state index in [2.05, 4.69) is 10.3 Å². The third-order valence-corrected chi connectivity index (χ3v) is 1.73. The Hall–Kier alpha value is -1.83. The maximum atomic E-state index is 10.7. The van der Waals surface area contributed by atoms with E-state index in [-0.39, 0.29) is 18.9 Å². The predicted molar refractivity (Wildman–Crippen MR) is 56.5 cm³/mol. The molecule has 0 bridgehead atoms. The second-order valence-electron chi connectivity index (χ2n) is 3.18. The number of carbonyl (C=O) groups is 2. The third-order valence-electron chi connectivity index (χ3n) is 1.73. The average molecular weight is 232 g/mol.